The van der Waals surface area contributed by atoms with Gasteiger partial charge < -0.3 is 20.1 Å². The molecule has 0 aliphatic heterocycles. The number of carboxylic acid groups (broad SMARTS) is 1. The van der Waals surface area contributed by atoms with Gasteiger partial charge in [-0.3, -0.25) is 4.79 Å². The molecule has 35 heavy (non-hydrogen) atoms. The van der Waals surface area contributed by atoms with Crippen molar-refractivity contribution in [3.63, 3.8) is 0 Å². The number of nitrogens with one attached hydrogen (secondary N) is 1. The van der Waals surface area contributed by atoms with Crippen molar-refractivity contribution < 1.29 is 19.4 Å². The molecule has 4 aromatic carbocycles. The van der Waals surface area contributed by atoms with Gasteiger partial charge in [-0.15, -0.1) is 0 Å². The van der Waals surface area contributed by atoms with Crippen LogP contribution in [0.1, 0.15) is 26.3 Å². The summed E-state index contributed by atoms with van der Waals surface area (Å²) in [6, 6.07) is 26.4. The standard InChI is InChI=1S/C28H23ClN2O4/c1-31(24-13-9-21(29)10-14-24)23-11-7-18(8-12-23)27(32)19-15-20(28(33)34)17-22(16-19)30-25-5-3-4-6-26(25)35-2/h3-17,30H,1-2H3,(H,33,34). The Kier molecular flexibility index (Phi) is 7.03. The van der Waals surface area contributed by atoms with Crippen LogP contribution in [0.25, 0.3) is 0 Å². The molecule has 4 rings (SSSR count). The average Bonchev–Trinajstić information content (AvgIpc) is 2.88. The fourth-order valence-electron chi connectivity index (χ4n) is 3.67. The normalized spacial score (nSPS) is 10.5. The molecular weight excluding hydrogens is 464 g/mol. The fourth-order valence-corrected chi connectivity index (χ4v) is 3.80. The number of ether oxygens (including phenoxy) is 1. The average molecular weight is 487 g/mol. The molecule has 0 aromatic heterocycles. The molecule has 0 amide bonds. The number of benzene rings is 4. The minimum atomic E-state index is -1.12. The minimum absolute atomic E-state index is 0.00680. The Morgan fingerprint density at radius 1 is 0.829 bits per heavy atom. The Labute approximate surface area is 208 Å². The van der Waals surface area contributed by atoms with Crippen molar-refractivity contribution in [2.45, 2.75) is 0 Å². The minimum Gasteiger partial charge on any atom is -0.495 e. The first-order valence-corrected chi connectivity index (χ1v) is 11.2. The number of para-hydroxylation sites is 2. The Morgan fingerprint density at radius 3 is 2.06 bits per heavy atom. The van der Waals surface area contributed by atoms with Crippen LogP contribution in [0.3, 0.4) is 0 Å². The maximum absolute atomic E-state index is 13.3. The molecule has 0 saturated carbocycles. The topological polar surface area (TPSA) is 78.9 Å². The van der Waals surface area contributed by atoms with E-state index in [1.165, 1.54) is 12.1 Å². The zero-order valence-corrected chi connectivity index (χ0v) is 19.9. The molecule has 0 radical (unpaired) electrons. The first-order chi connectivity index (χ1) is 16.9. The molecule has 0 spiro atoms. The second-order valence-corrected chi connectivity index (χ2v) is 8.28. The lowest BCUT2D eigenvalue weighted by Gasteiger charge is -2.20. The van der Waals surface area contributed by atoms with E-state index in [1.807, 2.05) is 66.5 Å². The summed E-state index contributed by atoms with van der Waals surface area (Å²) in [5, 5.41) is 13.4. The van der Waals surface area contributed by atoms with Gasteiger partial charge in [0.05, 0.1) is 18.4 Å². The van der Waals surface area contributed by atoms with E-state index in [4.69, 9.17) is 16.3 Å². The van der Waals surface area contributed by atoms with Crippen molar-refractivity contribution in [1.82, 2.24) is 0 Å². The number of methoxy groups -OCH3 is 1. The van der Waals surface area contributed by atoms with E-state index in [9.17, 15) is 14.7 Å². The van der Waals surface area contributed by atoms with Gasteiger partial charge in [0.1, 0.15) is 5.75 Å². The molecule has 7 heteroatoms. The zero-order valence-electron chi connectivity index (χ0n) is 19.2. The molecule has 4 aromatic rings. The van der Waals surface area contributed by atoms with Gasteiger partial charge in [-0.25, -0.2) is 4.79 Å². The Balaban J connectivity index is 1.62. The molecule has 0 aliphatic rings. The summed E-state index contributed by atoms with van der Waals surface area (Å²) in [6.45, 7) is 0. The Hall–Kier alpha value is -4.29. The third-order valence-corrected chi connectivity index (χ3v) is 5.81. The van der Waals surface area contributed by atoms with Gasteiger partial charge in [-0.05, 0) is 78.9 Å². The second kappa shape index (κ2) is 10.3. The van der Waals surface area contributed by atoms with Crippen LogP contribution in [0, 0.1) is 0 Å². The summed E-state index contributed by atoms with van der Waals surface area (Å²) in [5.74, 6) is -0.805. The third kappa shape index (κ3) is 5.45. The van der Waals surface area contributed by atoms with Gasteiger partial charge in [0.15, 0.2) is 5.78 Å². The number of aromatic carboxylic acids is 1. The quantitative estimate of drug-likeness (QED) is 0.267. The van der Waals surface area contributed by atoms with Crippen molar-refractivity contribution in [3.05, 3.63) is 113 Å². The Bertz CT molecular complexity index is 1370. The first-order valence-electron chi connectivity index (χ1n) is 10.8. The van der Waals surface area contributed by atoms with Gasteiger partial charge in [-0.1, -0.05) is 23.7 Å². The lowest BCUT2D eigenvalue weighted by Crippen LogP contribution is -2.10. The van der Waals surface area contributed by atoms with E-state index in [0.29, 0.717) is 27.7 Å². The second-order valence-electron chi connectivity index (χ2n) is 7.84. The van der Waals surface area contributed by atoms with Crippen LogP contribution in [0.5, 0.6) is 5.75 Å². The van der Waals surface area contributed by atoms with Gasteiger partial charge in [-0.2, -0.15) is 0 Å². The van der Waals surface area contributed by atoms with Gasteiger partial charge in [0.25, 0.3) is 0 Å². The molecule has 6 nitrogen and oxygen atoms in total. The molecule has 0 bridgehead atoms. The fraction of sp³-hybridized carbons (Fsp3) is 0.0714. The summed E-state index contributed by atoms with van der Waals surface area (Å²) in [4.78, 5) is 27.0. The smallest absolute Gasteiger partial charge is 0.335 e. The number of carboxylic acids is 1. The van der Waals surface area contributed by atoms with E-state index in [-0.39, 0.29) is 16.9 Å². The molecule has 0 aliphatic carbocycles. The predicted molar refractivity (Wildman–Crippen MR) is 139 cm³/mol. The van der Waals surface area contributed by atoms with Crippen LogP contribution < -0.4 is 15.0 Å². The highest BCUT2D eigenvalue weighted by Crippen LogP contribution is 2.29. The van der Waals surface area contributed by atoms with Crippen LogP contribution in [-0.2, 0) is 0 Å². The van der Waals surface area contributed by atoms with Crippen LogP contribution >= 0.6 is 11.6 Å². The number of rotatable bonds is 8. The number of anilines is 4. The number of carbonyl (C=O) groups is 2. The highest BCUT2D eigenvalue weighted by molar-refractivity contribution is 6.30. The van der Waals surface area contributed by atoms with Gasteiger partial charge in [0, 0.05) is 40.3 Å². The van der Waals surface area contributed by atoms with Crippen molar-refractivity contribution >= 4 is 46.1 Å². The lowest BCUT2D eigenvalue weighted by molar-refractivity contribution is 0.0697. The summed E-state index contributed by atoms with van der Waals surface area (Å²) < 4.78 is 5.35. The Morgan fingerprint density at radius 2 is 1.43 bits per heavy atom. The highest BCUT2D eigenvalue weighted by Gasteiger charge is 2.16. The van der Waals surface area contributed by atoms with Gasteiger partial charge >= 0.3 is 5.97 Å². The van der Waals surface area contributed by atoms with E-state index in [1.54, 1.807) is 31.4 Å². The largest absolute Gasteiger partial charge is 0.495 e. The van der Waals surface area contributed by atoms with E-state index in [0.717, 1.165) is 11.4 Å². The summed E-state index contributed by atoms with van der Waals surface area (Å²) in [6.07, 6.45) is 0. The van der Waals surface area contributed by atoms with Crippen LogP contribution in [0.2, 0.25) is 5.02 Å². The van der Waals surface area contributed by atoms with Crippen molar-refractivity contribution in [1.29, 1.82) is 0 Å². The zero-order chi connectivity index (χ0) is 24.9. The maximum atomic E-state index is 13.3. The monoisotopic (exact) mass is 486 g/mol. The SMILES string of the molecule is COc1ccccc1Nc1cc(C(=O)O)cc(C(=O)c2ccc(N(C)c3ccc(Cl)cc3)cc2)c1. The van der Waals surface area contributed by atoms with Crippen LogP contribution in [0.4, 0.5) is 22.7 Å². The predicted octanol–water partition coefficient (Wildman–Crippen LogP) is 6.79. The number of hydrogen-bond donors (Lipinski definition) is 2. The molecule has 0 saturated heterocycles. The van der Waals surface area contributed by atoms with Crippen LogP contribution in [-0.4, -0.2) is 31.0 Å². The first kappa shape index (κ1) is 23.9. The highest BCUT2D eigenvalue weighted by atomic mass is 35.5. The van der Waals surface area contributed by atoms with E-state index in [2.05, 4.69) is 5.32 Å². The van der Waals surface area contributed by atoms with Crippen LogP contribution in [0.15, 0.2) is 91.0 Å². The summed E-state index contributed by atoms with van der Waals surface area (Å²) in [5.41, 5.74) is 3.69. The number of hydrogen-bond acceptors (Lipinski definition) is 5. The van der Waals surface area contributed by atoms with E-state index >= 15 is 0 Å². The summed E-state index contributed by atoms with van der Waals surface area (Å²) in [7, 11) is 3.48. The molecule has 2 N–H and O–H groups in total. The summed E-state index contributed by atoms with van der Waals surface area (Å²) >= 11 is 5.97. The van der Waals surface area contributed by atoms with Crippen molar-refractivity contribution in [2.24, 2.45) is 0 Å². The number of nitrogens with zero attached hydrogens (tertiary/aromatic N) is 1. The molecule has 0 heterocycles. The molecular formula is C28H23ClN2O4. The molecule has 0 fully saturated rings. The molecule has 0 atom stereocenters. The molecule has 0 unspecified atom stereocenters. The van der Waals surface area contributed by atoms with Crippen molar-refractivity contribution in [3.8, 4) is 5.75 Å². The van der Waals surface area contributed by atoms with Gasteiger partial charge in [0.2, 0.25) is 0 Å². The molecule has 176 valence electrons. The van der Waals surface area contributed by atoms with E-state index < -0.39 is 5.97 Å². The number of ketones is 1. The number of carbonyl (C=O) groups excluding carboxylic acids is 1. The lowest BCUT2D eigenvalue weighted by atomic mass is 10.00. The third-order valence-electron chi connectivity index (χ3n) is 5.56. The number of halogens is 1. The van der Waals surface area contributed by atoms with Crippen molar-refractivity contribution in [2.75, 3.05) is 24.4 Å². The maximum Gasteiger partial charge on any atom is 0.335 e.